The molecule has 1 aromatic carbocycles. The number of likely N-dealkylation sites (tertiary alicyclic amines) is 1. The Hall–Kier alpha value is -1.12. The molecule has 0 unspecified atom stereocenters. The molecule has 0 saturated carbocycles. The first-order valence-electron chi connectivity index (χ1n) is 8.16. The summed E-state index contributed by atoms with van der Waals surface area (Å²) in [5.41, 5.74) is 6.96. The number of thiophene rings is 1. The van der Waals surface area contributed by atoms with Crippen LogP contribution in [0, 0.1) is 5.92 Å². The van der Waals surface area contributed by atoms with E-state index >= 15 is 0 Å². The number of piperidine rings is 1. The van der Waals surface area contributed by atoms with Crippen molar-refractivity contribution in [1.82, 2.24) is 4.90 Å². The summed E-state index contributed by atoms with van der Waals surface area (Å²) in [5, 5.41) is 5.29. The quantitative estimate of drug-likeness (QED) is 0.406. The summed E-state index contributed by atoms with van der Waals surface area (Å²) in [5.74, 6) is 1.16. The Morgan fingerprint density at radius 2 is 1.92 bits per heavy atom. The second-order valence-corrected chi connectivity index (χ2v) is 7.05. The van der Waals surface area contributed by atoms with Gasteiger partial charge in [-0.3, -0.25) is 9.89 Å². The maximum atomic E-state index is 5.97. The van der Waals surface area contributed by atoms with Crippen molar-refractivity contribution in [2.24, 2.45) is 16.6 Å². The Morgan fingerprint density at radius 1 is 1.17 bits per heavy atom. The number of benzene rings is 1. The van der Waals surface area contributed by atoms with Gasteiger partial charge >= 0.3 is 0 Å². The minimum atomic E-state index is 0. The maximum Gasteiger partial charge on any atom is 0.193 e. The lowest BCUT2D eigenvalue weighted by molar-refractivity contribution is 0.182. The predicted octanol–water partition coefficient (Wildman–Crippen LogP) is 4.00. The molecule has 130 valence electrons. The maximum absolute atomic E-state index is 5.97. The second kappa shape index (κ2) is 10.0. The number of hydrogen-bond donors (Lipinski definition) is 2. The van der Waals surface area contributed by atoms with Crippen LogP contribution in [0.15, 0.2) is 52.8 Å². The molecule has 6 heteroatoms. The van der Waals surface area contributed by atoms with Crippen molar-refractivity contribution < 1.29 is 0 Å². The van der Waals surface area contributed by atoms with Crippen LogP contribution in [0.3, 0.4) is 0 Å². The summed E-state index contributed by atoms with van der Waals surface area (Å²) < 4.78 is 0. The minimum absolute atomic E-state index is 0. The van der Waals surface area contributed by atoms with E-state index in [1.54, 1.807) is 0 Å². The average Bonchev–Trinajstić information content (AvgIpc) is 3.08. The number of nitrogens with zero attached hydrogens (tertiary/aromatic N) is 2. The van der Waals surface area contributed by atoms with Crippen LogP contribution < -0.4 is 11.1 Å². The van der Waals surface area contributed by atoms with Gasteiger partial charge in [-0.25, -0.2) is 0 Å². The van der Waals surface area contributed by atoms with Gasteiger partial charge in [-0.15, -0.1) is 35.3 Å². The largest absolute Gasteiger partial charge is 0.370 e. The highest BCUT2D eigenvalue weighted by Crippen LogP contribution is 2.20. The third-order valence-electron chi connectivity index (χ3n) is 4.23. The number of para-hydroxylation sites is 1. The van der Waals surface area contributed by atoms with Gasteiger partial charge in [0, 0.05) is 23.7 Å². The van der Waals surface area contributed by atoms with Crippen molar-refractivity contribution in [2.75, 3.05) is 25.0 Å². The predicted molar refractivity (Wildman–Crippen MR) is 114 cm³/mol. The van der Waals surface area contributed by atoms with E-state index in [4.69, 9.17) is 5.73 Å². The molecule has 1 fully saturated rings. The van der Waals surface area contributed by atoms with Crippen LogP contribution >= 0.6 is 35.3 Å². The third kappa shape index (κ3) is 6.07. The fourth-order valence-electron chi connectivity index (χ4n) is 2.89. The van der Waals surface area contributed by atoms with Crippen LogP contribution in [0.1, 0.15) is 17.7 Å². The van der Waals surface area contributed by atoms with E-state index < -0.39 is 0 Å². The molecule has 0 spiro atoms. The van der Waals surface area contributed by atoms with Crippen molar-refractivity contribution in [1.29, 1.82) is 0 Å². The molecular formula is C18H25IN4S. The van der Waals surface area contributed by atoms with Crippen LogP contribution in [-0.4, -0.2) is 30.5 Å². The zero-order chi connectivity index (χ0) is 15.9. The minimum Gasteiger partial charge on any atom is -0.370 e. The summed E-state index contributed by atoms with van der Waals surface area (Å²) >= 11 is 1.84. The van der Waals surface area contributed by atoms with Gasteiger partial charge in [-0.1, -0.05) is 24.3 Å². The van der Waals surface area contributed by atoms with Crippen molar-refractivity contribution in [3.05, 3.63) is 52.7 Å². The second-order valence-electron chi connectivity index (χ2n) is 6.02. The summed E-state index contributed by atoms with van der Waals surface area (Å²) in [6.45, 7) is 4.22. The van der Waals surface area contributed by atoms with Gasteiger partial charge < -0.3 is 11.1 Å². The van der Waals surface area contributed by atoms with E-state index in [1.165, 1.54) is 17.7 Å². The van der Waals surface area contributed by atoms with Crippen molar-refractivity contribution in [2.45, 2.75) is 19.4 Å². The number of aliphatic imine (C=N–C) groups is 1. The molecule has 1 saturated heterocycles. The summed E-state index contributed by atoms with van der Waals surface area (Å²) in [6.07, 6.45) is 2.40. The van der Waals surface area contributed by atoms with Crippen LogP contribution in [0.2, 0.25) is 0 Å². The van der Waals surface area contributed by atoms with Gasteiger partial charge in [0.1, 0.15) is 0 Å². The zero-order valence-electron chi connectivity index (χ0n) is 13.7. The Balaban J connectivity index is 0.00000208. The first-order chi connectivity index (χ1) is 11.3. The zero-order valence-corrected chi connectivity index (χ0v) is 16.9. The molecule has 4 nitrogen and oxygen atoms in total. The smallest absolute Gasteiger partial charge is 0.193 e. The lowest BCUT2D eigenvalue weighted by Gasteiger charge is -2.30. The average molecular weight is 456 g/mol. The fraction of sp³-hybridized carbons (Fsp3) is 0.389. The number of nitrogens with one attached hydrogen (secondary N) is 1. The van der Waals surface area contributed by atoms with Crippen LogP contribution in [0.4, 0.5) is 5.69 Å². The van der Waals surface area contributed by atoms with Gasteiger partial charge in [0.25, 0.3) is 0 Å². The Bertz CT molecular complexity index is 607. The molecular weight excluding hydrogens is 431 g/mol. The number of halogens is 1. The van der Waals surface area contributed by atoms with Gasteiger partial charge in [-0.2, -0.15) is 0 Å². The van der Waals surface area contributed by atoms with Crippen LogP contribution in [0.25, 0.3) is 0 Å². The summed E-state index contributed by atoms with van der Waals surface area (Å²) in [7, 11) is 0. The Kier molecular flexibility index (Phi) is 8.01. The molecule has 0 aliphatic carbocycles. The number of rotatable bonds is 5. The summed E-state index contributed by atoms with van der Waals surface area (Å²) in [4.78, 5) is 8.51. The molecule has 3 rings (SSSR count). The molecule has 0 bridgehead atoms. The lowest BCUT2D eigenvalue weighted by Crippen LogP contribution is -2.34. The Morgan fingerprint density at radius 3 is 2.58 bits per heavy atom. The van der Waals surface area contributed by atoms with Crippen LogP contribution in [0.5, 0.6) is 0 Å². The van der Waals surface area contributed by atoms with Crippen molar-refractivity contribution in [3.63, 3.8) is 0 Å². The van der Waals surface area contributed by atoms with E-state index in [0.29, 0.717) is 11.9 Å². The number of nitrogens with two attached hydrogens (primary N) is 1. The third-order valence-corrected chi connectivity index (χ3v) is 5.09. The lowest BCUT2D eigenvalue weighted by atomic mass is 9.97. The highest BCUT2D eigenvalue weighted by atomic mass is 127. The molecule has 2 aromatic rings. The molecule has 0 atom stereocenters. The topological polar surface area (TPSA) is 53.6 Å². The number of guanidine groups is 1. The first kappa shape index (κ1) is 19.2. The molecule has 0 radical (unpaired) electrons. The molecule has 3 N–H and O–H groups in total. The highest BCUT2D eigenvalue weighted by molar-refractivity contribution is 14.0. The molecule has 1 aliphatic heterocycles. The van der Waals surface area contributed by atoms with Crippen molar-refractivity contribution >= 4 is 47.0 Å². The van der Waals surface area contributed by atoms with Gasteiger partial charge in [0.2, 0.25) is 0 Å². The summed E-state index contributed by atoms with van der Waals surface area (Å²) in [6, 6.07) is 14.3. The monoisotopic (exact) mass is 456 g/mol. The first-order valence-corrected chi connectivity index (χ1v) is 9.04. The standard InChI is InChI=1S/C18H24N4S.HI/c19-18(21-16-5-2-1-3-6-16)20-13-15-8-10-22(11-9-15)14-17-7-4-12-23-17;/h1-7,12,15H,8-11,13-14H2,(H3,19,20,21);1H. The molecule has 1 aromatic heterocycles. The van der Waals surface area contributed by atoms with Crippen LogP contribution in [-0.2, 0) is 6.54 Å². The Labute approximate surface area is 165 Å². The van der Waals surface area contributed by atoms with Gasteiger partial charge in [0.05, 0.1) is 0 Å². The normalized spacial score (nSPS) is 16.6. The molecule has 2 heterocycles. The van der Waals surface area contributed by atoms with Gasteiger partial charge in [0.15, 0.2) is 5.96 Å². The molecule has 24 heavy (non-hydrogen) atoms. The number of anilines is 1. The van der Waals surface area contributed by atoms with E-state index in [9.17, 15) is 0 Å². The fourth-order valence-corrected chi connectivity index (χ4v) is 3.63. The van der Waals surface area contributed by atoms with E-state index in [0.717, 1.165) is 31.9 Å². The molecule has 0 amide bonds. The number of hydrogen-bond acceptors (Lipinski definition) is 3. The van der Waals surface area contributed by atoms with Gasteiger partial charge in [-0.05, 0) is 55.4 Å². The highest BCUT2D eigenvalue weighted by Gasteiger charge is 2.19. The van der Waals surface area contributed by atoms with E-state index in [1.807, 2.05) is 41.7 Å². The van der Waals surface area contributed by atoms with E-state index in [2.05, 4.69) is 32.7 Å². The van der Waals surface area contributed by atoms with Crippen molar-refractivity contribution in [3.8, 4) is 0 Å². The van der Waals surface area contributed by atoms with E-state index in [-0.39, 0.29) is 24.0 Å². The SMILES string of the molecule is I.NC(=NCC1CCN(Cc2cccs2)CC1)Nc1ccccc1. The molecule has 1 aliphatic rings.